The number of hydrogen-bond donors (Lipinski definition) is 1. The Morgan fingerprint density at radius 2 is 1.82 bits per heavy atom. The molecular weight excluding hydrogens is 350 g/mol. The van der Waals surface area contributed by atoms with E-state index in [2.05, 4.69) is 22.0 Å². The van der Waals surface area contributed by atoms with Crippen LogP contribution in [-0.4, -0.2) is 86.5 Å². The Kier molecular flexibility index (Phi) is 7.61. The fraction of sp³-hybridized carbons (Fsp3) is 0.909. The van der Waals surface area contributed by atoms with Crippen LogP contribution in [0, 0.1) is 11.3 Å². The van der Waals surface area contributed by atoms with Crippen LogP contribution in [0.3, 0.4) is 0 Å². The van der Waals surface area contributed by atoms with Crippen molar-refractivity contribution in [3.05, 3.63) is 0 Å². The highest BCUT2D eigenvalue weighted by Gasteiger charge is 2.42. The summed E-state index contributed by atoms with van der Waals surface area (Å²) >= 11 is 0. The monoisotopic (exact) mass is 391 g/mol. The Morgan fingerprint density at radius 3 is 2.46 bits per heavy atom. The molecule has 1 N–H and O–H groups in total. The van der Waals surface area contributed by atoms with Crippen molar-refractivity contribution in [3.8, 4) is 0 Å². The Morgan fingerprint density at radius 1 is 1.11 bits per heavy atom. The van der Waals surface area contributed by atoms with Crippen molar-refractivity contribution in [1.29, 1.82) is 0 Å². The molecule has 6 nitrogen and oxygen atoms in total. The summed E-state index contributed by atoms with van der Waals surface area (Å²) in [6, 6.07) is 0. The summed E-state index contributed by atoms with van der Waals surface area (Å²) in [6.07, 6.45) is 9.63. The van der Waals surface area contributed by atoms with Gasteiger partial charge in [0.15, 0.2) is 5.96 Å². The third-order valence-electron chi connectivity index (χ3n) is 6.84. The van der Waals surface area contributed by atoms with E-state index in [1.54, 1.807) is 4.90 Å². The first kappa shape index (κ1) is 21.4. The number of aliphatic imine (C=N–C) groups is 1. The minimum atomic E-state index is -0.281. The zero-order chi connectivity index (χ0) is 20.0. The summed E-state index contributed by atoms with van der Waals surface area (Å²) < 4.78 is 0. The maximum atomic E-state index is 12.8. The maximum Gasteiger partial charge on any atom is 0.230 e. The molecule has 1 atom stereocenters. The number of nitrogens with one attached hydrogen (secondary N) is 1. The first-order valence-electron chi connectivity index (χ1n) is 11.5. The van der Waals surface area contributed by atoms with Gasteiger partial charge >= 0.3 is 0 Å². The topological polar surface area (TPSA) is 51.2 Å². The molecular formula is C22H41N5O. The molecule has 1 saturated carbocycles. The van der Waals surface area contributed by atoms with Crippen LogP contribution in [0.4, 0.5) is 0 Å². The number of amides is 1. The summed E-state index contributed by atoms with van der Waals surface area (Å²) in [7, 11) is 3.76. The molecule has 2 saturated heterocycles. The molecule has 3 aliphatic rings. The van der Waals surface area contributed by atoms with Gasteiger partial charge < -0.3 is 20.0 Å². The van der Waals surface area contributed by atoms with Gasteiger partial charge in [-0.1, -0.05) is 19.3 Å². The van der Waals surface area contributed by atoms with E-state index in [4.69, 9.17) is 4.99 Å². The van der Waals surface area contributed by atoms with Crippen molar-refractivity contribution < 1.29 is 4.79 Å². The Labute approximate surface area is 171 Å². The van der Waals surface area contributed by atoms with Crippen LogP contribution in [0.15, 0.2) is 4.99 Å². The number of carbonyl (C=O) groups excluding carboxylic acids is 1. The molecule has 6 heteroatoms. The van der Waals surface area contributed by atoms with Gasteiger partial charge in [-0.05, 0) is 58.0 Å². The van der Waals surface area contributed by atoms with Gasteiger partial charge in [0.25, 0.3) is 0 Å². The second-order valence-corrected chi connectivity index (χ2v) is 9.32. The molecule has 0 bridgehead atoms. The highest BCUT2D eigenvalue weighted by atomic mass is 16.2. The van der Waals surface area contributed by atoms with Crippen LogP contribution in [-0.2, 0) is 4.79 Å². The lowest BCUT2D eigenvalue weighted by molar-refractivity contribution is -0.138. The number of guanidine groups is 1. The average molecular weight is 392 g/mol. The van der Waals surface area contributed by atoms with E-state index in [0.717, 1.165) is 57.2 Å². The SMILES string of the molecule is CCNC(=NCC1(C(=O)N(C)C)CCCC1)N1CCC(CN2CCCCC2)C1. The number of carbonyl (C=O) groups is 1. The second-order valence-electron chi connectivity index (χ2n) is 9.32. The van der Waals surface area contributed by atoms with Crippen LogP contribution in [0.1, 0.15) is 58.3 Å². The van der Waals surface area contributed by atoms with Crippen molar-refractivity contribution in [2.45, 2.75) is 58.3 Å². The van der Waals surface area contributed by atoms with Crippen LogP contribution in [0.2, 0.25) is 0 Å². The van der Waals surface area contributed by atoms with Gasteiger partial charge in [0.2, 0.25) is 5.91 Å². The molecule has 1 aliphatic carbocycles. The third-order valence-corrected chi connectivity index (χ3v) is 6.84. The molecule has 2 aliphatic heterocycles. The van der Waals surface area contributed by atoms with E-state index < -0.39 is 0 Å². The standard InChI is InChI=1S/C22H41N5O/c1-4-23-21(24-18-22(11-6-7-12-22)20(28)25(2)3)27-15-10-19(17-27)16-26-13-8-5-9-14-26/h19H,4-18H2,1-3H3,(H,23,24). The second kappa shape index (κ2) is 9.95. The van der Waals surface area contributed by atoms with Gasteiger partial charge in [0, 0.05) is 40.3 Å². The molecule has 0 aromatic rings. The fourth-order valence-corrected chi connectivity index (χ4v) is 5.30. The number of rotatable bonds is 6. The summed E-state index contributed by atoms with van der Waals surface area (Å²) in [6.45, 7) is 9.60. The van der Waals surface area contributed by atoms with Gasteiger partial charge in [0.1, 0.15) is 0 Å². The van der Waals surface area contributed by atoms with Gasteiger partial charge in [-0.2, -0.15) is 0 Å². The maximum absolute atomic E-state index is 12.8. The highest BCUT2D eigenvalue weighted by molar-refractivity contribution is 5.84. The van der Waals surface area contributed by atoms with Crippen molar-refractivity contribution in [3.63, 3.8) is 0 Å². The molecule has 1 unspecified atom stereocenters. The lowest BCUT2D eigenvalue weighted by Gasteiger charge is -2.31. The predicted molar refractivity (Wildman–Crippen MR) is 116 cm³/mol. The molecule has 1 amide bonds. The van der Waals surface area contributed by atoms with Crippen molar-refractivity contribution in [2.75, 3.05) is 59.9 Å². The van der Waals surface area contributed by atoms with E-state index in [-0.39, 0.29) is 11.3 Å². The predicted octanol–water partition coefficient (Wildman–Crippen LogP) is 2.41. The minimum absolute atomic E-state index is 0.258. The van der Waals surface area contributed by atoms with Gasteiger partial charge in [-0.3, -0.25) is 9.79 Å². The molecule has 0 aromatic heterocycles. The number of nitrogens with zero attached hydrogens (tertiary/aromatic N) is 4. The first-order valence-corrected chi connectivity index (χ1v) is 11.5. The van der Waals surface area contributed by atoms with E-state index in [9.17, 15) is 4.79 Å². The molecule has 0 aromatic carbocycles. The lowest BCUT2D eigenvalue weighted by atomic mass is 9.85. The van der Waals surface area contributed by atoms with Gasteiger partial charge in [-0.15, -0.1) is 0 Å². The van der Waals surface area contributed by atoms with Gasteiger partial charge in [0.05, 0.1) is 12.0 Å². The van der Waals surface area contributed by atoms with Crippen molar-refractivity contribution in [2.24, 2.45) is 16.3 Å². The van der Waals surface area contributed by atoms with E-state index in [0.29, 0.717) is 6.54 Å². The van der Waals surface area contributed by atoms with Crippen LogP contribution >= 0.6 is 0 Å². The van der Waals surface area contributed by atoms with E-state index in [1.807, 2.05) is 14.1 Å². The van der Waals surface area contributed by atoms with E-state index in [1.165, 1.54) is 45.3 Å². The molecule has 0 radical (unpaired) electrons. The highest BCUT2D eigenvalue weighted by Crippen LogP contribution is 2.40. The zero-order valence-corrected chi connectivity index (χ0v) is 18.4. The molecule has 2 heterocycles. The van der Waals surface area contributed by atoms with Crippen LogP contribution < -0.4 is 5.32 Å². The Bertz CT molecular complexity index is 535. The summed E-state index contributed by atoms with van der Waals surface area (Å²) in [5.41, 5.74) is -0.281. The average Bonchev–Trinajstić information content (AvgIpc) is 3.36. The molecule has 0 spiro atoms. The minimum Gasteiger partial charge on any atom is -0.357 e. The quantitative estimate of drug-likeness (QED) is 0.558. The third kappa shape index (κ3) is 5.19. The lowest BCUT2D eigenvalue weighted by Crippen LogP contribution is -2.44. The Hall–Kier alpha value is -1.30. The molecule has 28 heavy (non-hydrogen) atoms. The molecule has 3 fully saturated rings. The number of hydrogen-bond acceptors (Lipinski definition) is 3. The zero-order valence-electron chi connectivity index (χ0n) is 18.4. The summed E-state index contributed by atoms with van der Waals surface area (Å²) in [4.78, 5) is 24.7. The molecule has 160 valence electrons. The normalized spacial score (nSPS) is 25.9. The smallest absolute Gasteiger partial charge is 0.230 e. The summed E-state index contributed by atoms with van der Waals surface area (Å²) in [5.74, 6) is 2.02. The fourth-order valence-electron chi connectivity index (χ4n) is 5.30. The van der Waals surface area contributed by atoms with Crippen molar-refractivity contribution >= 4 is 11.9 Å². The van der Waals surface area contributed by atoms with Crippen LogP contribution in [0.25, 0.3) is 0 Å². The van der Waals surface area contributed by atoms with Crippen LogP contribution in [0.5, 0.6) is 0 Å². The largest absolute Gasteiger partial charge is 0.357 e. The van der Waals surface area contributed by atoms with E-state index >= 15 is 0 Å². The summed E-state index contributed by atoms with van der Waals surface area (Å²) in [5, 5.41) is 3.50. The first-order chi connectivity index (χ1) is 13.5. The van der Waals surface area contributed by atoms with Crippen molar-refractivity contribution in [1.82, 2.24) is 20.0 Å². The Balaban J connectivity index is 1.61. The molecule has 3 rings (SSSR count). The number of likely N-dealkylation sites (tertiary alicyclic amines) is 2. The van der Waals surface area contributed by atoms with Gasteiger partial charge in [-0.25, -0.2) is 0 Å². The number of piperidine rings is 1.